The molecular formula is C15H21N3O3. The number of benzene rings is 1. The van der Waals surface area contributed by atoms with E-state index in [-0.39, 0.29) is 11.3 Å². The van der Waals surface area contributed by atoms with Crippen LogP contribution in [0, 0.1) is 16.0 Å². The van der Waals surface area contributed by atoms with Crippen molar-refractivity contribution in [2.45, 2.75) is 39.2 Å². The van der Waals surface area contributed by atoms with Gasteiger partial charge in [-0.05, 0) is 37.3 Å². The molecule has 0 spiro atoms. The predicted molar refractivity (Wildman–Crippen MR) is 81.4 cm³/mol. The Labute approximate surface area is 124 Å². The van der Waals surface area contributed by atoms with E-state index in [0.717, 1.165) is 31.5 Å². The number of rotatable bonds is 4. The van der Waals surface area contributed by atoms with Crippen LogP contribution in [0.15, 0.2) is 18.2 Å². The van der Waals surface area contributed by atoms with E-state index in [1.165, 1.54) is 6.07 Å². The molecule has 2 atom stereocenters. The van der Waals surface area contributed by atoms with Gasteiger partial charge < -0.3 is 10.6 Å². The van der Waals surface area contributed by atoms with Crippen LogP contribution in [0.3, 0.4) is 0 Å². The van der Waals surface area contributed by atoms with Crippen LogP contribution in [0.5, 0.6) is 0 Å². The van der Waals surface area contributed by atoms with E-state index in [9.17, 15) is 14.9 Å². The van der Waals surface area contributed by atoms with Crippen molar-refractivity contribution in [1.29, 1.82) is 0 Å². The number of nitrogens with zero attached hydrogens (tertiary/aromatic N) is 2. The molecule has 1 aromatic carbocycles. The van der Waals surface area contributed by atoms with Crippen LogP contribution < -0.4 is 10.6 Å². The van der Waals surface area contributed by atoms with E-state index in [1.807, 2.05) is 0 Å². The van der Waals surface area contributed by atoms with Crippen molar-refractivity contribution >= 4 is 17.3 Å². The molecule has 6 nitrogen and oxygen atoms in total. The van der Waals surface area contributed by atoms with Gasteiger partial charge in [0.15, 0.2) is 0 Å². The standard InChI is InChI=1S/C15H21N3O3/c1-3-11-8-10(2)6-7-17(11)12-4-5-14(18(20)21)13(9-12)15(16)19/h4-5,9-11H,3,6-8H2,1-2H3,(H2,16,19). The number of amides is 1. The Hall–Kier alpha value is -2.11. The first kappa shape index (κ1) is 15.3. The number of carbonyl (C=O) groups excluding carboxylic acids is 1. The number of nitro benzene ring substituents is 1. The lowest BCUT2D eigenvalue weighted by Crippen LogP contribution is -2.41. The minimum absolute atomic E-state index is 0.0222. The number of carbonyl (C=O) groups is 1. The molecule has 0 bridgehead atoms. The summed E-state index contributed by atoms with van der Waals surface area (Å²) in [6.07, 6.45) is 3.19. The molecule has 0 aliphatic carbocycles. The topological polar surface area (TPSA) is 89.5 Å². The van der Waals surface area contributed by atoms with Crippen LogP contribution in [0.25, 0.3) is 0 Å². The third-order valence-corrected chi connectivity index (χ3v) is 4.22. The number of anilines is 1. The number of nitrogens with two attached hydrogens (primary N) is 1. The first-order valence-electron chi connectivity index (χ1n) is 7.29. The first-order valence-corrected chi connectivity index (χ1v) is 7.29. The summed E-state index contributed by atoms with van der Waals surface area (Å²) < 4.78 is 0. The van der Waals surface area contributed by atoms with Crippen molar-refractivity contribution < 1.29 is 9.72 Å². The van der Waals surface area contributed by atoms with E-state index in [2.05, 4.69) is 18.7 Å². The molecule has 1 aromatic rings. The normalized spacial score (nSPS) is 22.1. The Kier molecular flexibility index (Phi) is 4.45. The fraction of sp³-hybridized carbons (Fsp3) is 0.533. The summed E-state index contributed by atoms with van der Waals surface area (Å²) in [6.45, 7) is 5.27. The molecule has 2 rings (SSSR count). The quantitative estimate of drug-likeness (QED) is 0.682. The molecule has 1 saturated heterocycles. The molecule has 0 saturated carbocycles. The Morgan fingerprint density at radius 2 is 2.24 bits per heavy atom. The van der Waals surface area contributed by atoms with E-state index < -0.39 is 10.8 Å². The van der Waals surface area contributed by atoms with E-state index in [4.69, 9.17) is 5.73 Å². The molecule has 2 unspecified atom stereocenters. The third-order valence-electron chi connectivity index (χ3n) is 4.22. The molecule has 2 N–H and O–H groups in total. The van der Waals surface area contributed by atoms with Gasteiger partial charge in [0.1, 0.15) is 5.56 Å². The number of hydrogen-bond acceptors (Lipinski definition) is 4. The van der Waals surface area contributed by atoms with Gasteiger partial charge in [-0.2, -0.15) is 0 Å². The maximum Gasteiger partial charge on any atom is 0.282 e. The van der Waals surface area contributed by atoms with Gasteiger partial charge in [-0.25, -0.2) is 0 Å². The fourth-order valence-corrected chi connectivity index (χ4v) is 3.04. The molecule has 0 aromatic heterocycles. The van der Waals surface area contributed by atoms with E-state index in [1.54, 1.807) is 12.1 Å². The van der Waals surface area contributed by atoms with Gasteiger partial charge in [0.05, 0.1) is 4.92 Å². The number of primary amides is 1. The highest BCUT2D eigenvalue weighted by Gasteiger charge is 2.27. The average Bonchev–Trinajstić information content (AvgIpc) is 2.46. The van der Waals surface area contributed by atoms with E-state index >= 15 is 0 Å². The summed E-state index contributed by atoms with van der Waals surface area (Å²) in [7, 11) is 0. The summed E-state index contributed by atoms with van der Waals surface area (Å²) >= 11 is 0. The van der Waals surface area contributed by atoms with Crippen LogP contribution in [0.4, 0.5) is 11.4 Å². The van der Waals surface area contributed by atoms with Crippen LogP contribution >= 0.6 is 0 Å². The third kappa shape index (κ3) is 3.15. The lowest BCUT2D eigenvalue weighted by Gasteiger charge is -2.40. The number of piperidine rings is 1. The minimum atomic E-state index is -0.762. The molecule has 1 amide bonds. The summed E-state index contributed by atoms with van der Waals surface area (Å²) in [6, 6.07) is 5.04. The highest BCUT2D eigenvalue weighted by atomic mass is 16.6. The van der Waals surface area contributed by atoms with Crippen molar-refractivity contribution in [3.05, 3.63) is 33.9 Å². The zero-order chi connectivity index (χ0) is 15.6. The Morgan fingerprint density at radius 1 is 1.52 bits per heavy atom. The monoisotopic (exact) mass is 291 g/mol. The highest BCUT2D eigenvalue weighted by molar-refractivity contribution is 5.98. The van der Waals surface area contributed by atoms with Crippen molar-refractivity contribution in [3.63, 3.8) is 0 Å². The van der Waals surface area contributed by atoms with Crippen LogP contribution in [-0.4, -0.2) is 23.4 Å². The van der Waals surface area contributed by atoms with E-state index in [0.29, 0.717) is 12.0 Å². The predicted octanol–water partition coefficient (Wildman–Crippen LogP) is 2.71. The summed E-state index contributed by atoms with van der Waals surface area (Å²) in [5, 5.41) is 11.0. The maximum absolute atomic E-state index is 11.5. The maximum atomic E-state index is 11.5. The van der Waals surface area contributed by atoms with Crippen molar-refractivity contribution in [2.24, 2.45) is 11.7 Å². The largest absolute Gasteiger partial charge is 0.369 e. The zero-order valence-corrected chi connectivity index (χ0v) is 12.4. The summed E-state index contributed by atoms with van der Waals surface area (Å²) in [5.74, 6) is -0.0816. The van der Waals surface area contributed by atoms with Gasteiger partial charge in [-0.3, -0.25) is 14.9 Å². The van der Waals surface area contributed by atoms with Crippen LogP contribution in [0.2, 0.25) is 0 Å². The van der Waals surface area contributed by atoms with Crippen LogP contribution in [0.1, 0.15) is 43.5 Å². The second kappa shape index (κ2) is 6.11. The summed E-state index contributed by atoms with van der Waals surface area (Å²) in [5.41, 5.74) is 5.86. The lowest BCUT2D eigenvalue weighted by atomic mass is 9.90. The smallest absolute Gasteiger partial charge is 0.282 e. The van der Waals surface area contributed by atoms with Gasteiger partial charge in [0.25, 0.3) is 11.6 Å². The molecule has 0 radical (unpaired) electrons. The molecule has 114 valence electrons. The molecule has 1 fully saturated rings. The second-order valence-corrected chi connectivity index (χ2v) is 5.71. The van der Waals surface area contributed by atoms with Gasteiger partial charge in [-0.1, -0.05) is 13.8 Å². The van der Waals surface area contributed by atoms with Crippen molar-refractivity contribution in [3.8, 4) is 0 Å². The molecule has 1 heterocycles. The van der Waals surface area contributed by atoms with Gasteiger partial charge >= 0.3 is 0 Å². The zero-order valence-electron chi connectivity index (χ0n) is 12.4. The Morgan fingerprint density at radius 3 is 2.81 bits per heavy atom. The number of nitro groups is 1. The Bertz CT molecular complexity index is 559. The first-order chi connectivity index (χ1) is 9.93. The van der Waals surface area contributed by atoms with Crippen LogP contribution in [-0.2, 0) is 0 Å². The average molecular weight is 291 g/mol. The van der Waals surface area contributed by atoms with Gasteiger partial charge in [0.2, 0.25) is 0 Å². The van der Waals surface area contributed by atoms with Gasteiger partial charge in [-0.15, -0.1) is 0 Å². The summed E-state index contributed by atoms with van der Waals surface area (Å²) in [4.78, 5) is 24.1. The van der Waals surface area contributed by atoms with Crippen molar-refractivity contribution in [2.75, 3.05) is 11.4 Å². The fourth-order valence-electron chi connectivity index (χ4n) is 3.04. The molecule has 21 heavy (non-hydrogen) atoms. The van der Waals surface area contributed by atoms with Crippen molar-refractivity contribution in [1.82, 2.24) is 0 Å². The van der Waals surface area contributed by atoms with Gasteiger partial charge in [0, 0.05) is 24.3 Å². The Balaban J connectivity index is 2.38. The minimum Gasteiger partial charge on any atom is -0.369 e. The molecular weight excluding hydrogens is 270 g/mol. The SMILES string of the molecule is CCC1CC(C)CCN1c1ccc([N+](=O)[O-])c(C(N)=O)c1. The lowest BCUT2D eigenvalue weighted by molar-refractivity contribution is -0.385. The highest BCUT2D eigenvalue weighted by Crippen LogP contribution is 2.32. The number of hydrogen-bond donors (Lipinski definition) is 1. The second-order valence-electron chi connectivity index (χ2n) is 5.71. The molecule has 6 heteroatoms. The molecule has 1 aliphatic rings. The molecule has 1 aliphatic heterocycles.